The van der Waals surface area contributed by atoms with Gasteiger partial charge in [-0.15, -0.1) is 0 Å². The number of ether oxygens (including phenoxy) is 1. The maximum atomic E-state index is 11.9. The minimum atomic E-state index is -2.88. The molecule has 0 aliphatic carbocycles. The molecular formula is C12H13F2O3-. The number of carboxylic acids is 1. The smallest absolute Gasteiger partial charge is 0.387 e. The van der Waals surface area contributed by atoms with Gasteiger partial charge in [0.1, 0.15) is 5.75 Å². The average molecular weight is 243 g/mol. The highest BCUT2D eigenvalue weighted by molar-refractivity contribution is 5.74. The van der Waals surface area contributed by atoms with Crippen LogP contribution in [0.3, 0.4) is 0 Å². The van der Waals surface area contributed by atoms with Gasteiger partial charge in [0, 0.05) is 11.9 Å². The Morgan fingerprint density at radius 1 is 1.35 bits per heavy atom. The molecule has 0 aliphatic rings. The second kappa shape index (κ2) is 6.18. The van der Waals surface area contributed by atoms with Crippen molar-refractivity contribution >= 4 is 5.97 Å². The van der Waals surface area contributed by atoms with Crippen LogP contribution in [0.2, 0.25) is 0 Å². The van der Waals surface area contributed by atoms with Crippen LogP contribution in [0.25, 0.3) is 0 Å². The van der Waals surface area contributed by atoms with E-state index in [9.17, 15) is 18.7 Å². The summed E-state index contributed by atoms with van der Waals surface area (Å²) in [4.78, 5) is 10.9. The third-order valence-corrected chi connectivity index (χ3v) is 2.37. The lowest BCUT2D eigenvalue weighted by molar-refractivity contribution is -0.308. The van der Waals surface area contributed by atoms with E-state index in [1.165, 1.54) is 24.3 Å². The van der Waals surface area contributed by atoms with E-state index in [0.717, 1.165) is 0 Å². The fourth-order valence-corrected chi connectivity index (χ4v) is 1.59. The molecule has 0 aliphatic heterocycles. The molecule has 0 N–H and O–H groups in total. The fourth-order valence-electron chi connectivity index (χ4n) is 1.59. The number of rotatable bonds is 6. The van der Waals surface area contributed by atoms with Gasteiger partial charge < -0.3 is 14.6 Å². The zero-order chi connectivity index (χ0) is 12.8. The van der Waals surface area contributed by atoms with Crippen LogP contribution in [0, 0.1) is 0 Å². The lowest BCUT2D eigenvalue weighted by Gasteiger charge is -2.17. The highest BCUT2D eigenvalue weighted by Crippen LogP contribution is 2.23. The molecule has 0 amide bonds. The first-order valence-electron chi connectivity index (χ1n) is 5.30. The van der Waals surface area contributed by atoms with Crippen molar-refractivity contribution in [2.75, 3.05) is 0 Å². The van der Waals surface area contributed by atoms with Crippen molar-refractivity contribution < 1.29 is 23.4 Å². The molecule has 1 aromatic carbocycles. The zero-order valence-corrected chi connectivity index (χ0v) is 9.36. The van der Waals surface area contributed by atoms with Crippen LogP contribution in [0.1, 0.15) is 31.2 Å². The van der Waals surface area contributed by atoms with Crippen LogP contribution >= 0.6 is 0 Å². The zero-order valence-electron chi connectivity index (χ0n) is 9.36. The Hall–Kier alpha value is -1.65. The first-order valence-corrected chi connectivity index (χ1v) is 5.30. The first-order chi connectivity index (χ1) is 8.04. The number of carboxylic acid groups (broad SMARTS) is 1. The van der Waals surface area contributed by atoms with E-state index in [0.29, 0.717) is 18.4 Å². The van der Waals surface area contributed by atoms with E-state index in [2.05, 4.69) is 4.74 Å². The monoisotopic (exact) mass is 243 g/mol. The molecule has 1 atom stereocenters. The number of carbonyl (C=O) groups excluding carboxylic acids is 1. The second-order valence-corrected chi connectivity index (χ2v) is 3.61. The van der Waals surface area contributed by atoms with Crippen molar-refractivity contribution in [3.8, 4) is 5.75 Å². The van der Waals surface area contributed by atoms with E-state index in [1.54, 1.807) is 0 Å². The maximum Gasteiger partial charge on any atom is 0.387 e. The lowest BCUT2D eigenvalue weighted by atomic mass is 9.95. The number of hydrogen-bond acceptors (Lipinski definition) is 3. The normalized spacial score (nSPS) is 12.5. The van der Waals surface area contributed by atoms with Gasteiger partial charge in [0.15, 0.2) is 0 Å². The molecule has 3 nitrogen and oxygen atoms in total. The third kappa shape index (κ3) is 4.01. The first kappa shape index (κ1) is 13.4. The number of halogens is 2. The number of alkyl halides is 2. The quantitative estimate of drug-likeness (QED) is 0.767. The van der Waals surface area contributed by atoms with Gasteiger partial charge in [-0.2, -0.15) is 8.78 Å². The predicted molar refractivity (Wildman–Crippen MR) is 55.7 cm³/mol. The molecule has 0 saturated carbocycles. The number of benzene rings is 1. The summed E-state index contributed by atoms with van der Waals surface area (Å²) in [5.74, 6) is -1.85. The number of aliphatic carboxylic acids is 1. The standard InChI is InChI=1S/C12H14F2O3/c1-2-3-10(11(15)16)8-4-6-9(7-5-8)17-12(13)14/h4-7,10,12H,2-3H2,1H3,(H,15,16)/p-1. The largest absolute Gasteiger partial charge is 0.549 e. The van der Waals surface area contributed by atoms with Crippen LogP contribution in [0.5, 0.6) is 5.75 Å². The summed E-state index contributed by atoms with van der Waals surface area (Å²) in [6, 6.07) is 5.59. The summed E-state index contributed by atoms with van der Waals surface area (Å²) in [7, 11) is 0. The molecular weight excluding hydrogens is 230 g/mol. The van der Waals surface area contributed by atoms with Crippen LogP contribution in [0.4, 0.5) is 8.78 Å². The molecule has 94 valence electrons. The Morgan fingerprint density at radius 3 is 2.35 bits per heavy atom. The second-order valence-electron chi connectivity index (χ2n) is 3.61. The molecule has 0 fully saturated rings. The molecule has 0 bridgehead atoms. The molecule has 0 aromatic heterocycles. The van der Waals surface area contributed by atoms with Gasteiger partial charge in [-0.05, 0) is 24.1 Å². The van der Waals surface area contributed by atoms with Crippen molar-refractivity contribution in [2.45, 2.75) is 32.3 Å². The molecule has 0 radical (unpaired) electrons. The average Bonchev–Trinajstić information content (AvgIpc) is 2.26. The highest BCUT2D eigenvalue weighted by Gasteiger charge is 2.12. The minimum absolute atomic E-state index is 0.0114. The SMILES string of the molecule is CCCC(C(=O)[O-])c1ccc(OC(F)F)cc1. The molecule has 0 heterocycles. The number of carbonyl (C=O) groups is 1. The number of hydrogen-bond donors (Lipinski definition) is 0. The molecule has 17 heavy (non-hydrogen) atoms. The fraction of sp³-hybridized carbons (Fsp3) is 0.417. The van der Waals surface area contributed by atoms with Gasteiger partial charge in [-0.3, -0.25) is 0 Å². The molecule has 1 aromatic rings. The summed E-state index contributed by atoms with van der Waals surface area (Å²) in [6.07, 6.45) is 1.16. The topological polar surface area (TPSA) is 49.4 Å². The van der Waals surface area contributed by atoms with Crippen LogP contribution in [-0.2, 0) is 4.79 Å². The Labute approximate surface area is 98.0 Å². The Balaban J connectivity index is 2.80. The predicted octanol–water partition coefficient (Wildman–Crippen LogP) is 1.92. The van der Waals surface area contributed by atoms with Gasteiger partial charge in [0.2, 0.25) is 0 Å². The Bertz CT molecular complexity index is 363. The van der Waals surface area contributed by atoms with E-state index >= 15 is 0 Å². The van der Waals surface area contributed by atoms with E-state index < -0.39 is 18.5 Å². The highest BCUT2D eigenvalue weighted by atomic mass is 19.3. The summed E-state index contributed by atoms with van der Waals surface area (Å²) in [5.41, 5.74) is 0.536. The molecule has 1 rings (SSSR count). The van der Waals surface area contributed by atoms with Crippen molar-refractivity contribution in [3.05, 3.63) is 29.8 Å². The summed E-state index contributed by atoms with van der Waals surface area (Å²) < 4.78 is 28.0. The van der Waals surface area contributed by atoms with Crippen molar-refractivity contribution in [1.82, 2.24) is 0 Å². The van der Waals surface area contributed by atoms with Gasteiger partial charge in [-0.1, -0.05) is 25.5 Å². The van der Waals surface area contributed by atoms with Crippen LogP contribution in [0.15, 0.2) is 24.3 Å². The Kier molecular flexibility index (Phi) is 4.87. The summed E-state index contributed by atoms with van der Waals surface area (Å²) in [5, 5.41) is 10.9. The van der Waals surface area contributed by atoms with Crippen LogP contribution in [-0.4, -0.2) is 12.6 Å². The van der Waals surface area contributed by atoms with E-state index in [4.69, 9.17) is 0 Å². The maximum absolute atomic E-state index is 11.9. The van der Waals surface area contributed by atoms with Gasteiger partial charge in [-0.25, -0.2) is 0 Å². The third-order valence-electron chi connectivity index (χ3n) is 2.37. The molecule has 0 spiro atoms. The summed E-state index contributed by atoms with van der Waals surface area (Å²) >= 11 is 0. The molecule has 0 saturated heterocycles. The van der Waals surface area contributed by atoms with Gasteiger partial charge >= 0.3 is 6.61 Å². The van der Waals surface area contributed by atoms with Gasteiger partial charge in [0.25, 0.3) is 0 Å². The molecule has 1 unspecified atom stereocenters. The van der Waals surface area contributed by atoms with Crippen LogP contribution < -0.4 is 9.84 Å². The minimum Gasteiger partial charge on any atom is -0.549 e. The summed E-state index contributed by atoms with van der Waals surface area (Å²) in [6.45, 7) is -1.02. The van der Waals surface area contributed by atoms with E-state index in [-0.39, 0.29) is 5.75 Å². The van der Waals surface area contributed by atoms with Crippen molar-refractivity contribution in [1.29, 1.82) is 0 Å². The molecule has 5 heteroatoms. The lowest BCUT2D eigenvalue weighted by Crippen LogP contribution is -2.29. The van der Waals surface area contributed by atoms with E-state index in [1.807, 2.05) is 6.92 Å². The van der Waals surface area contributed by atoms with Gasteiger partial charge in [0.05, 0.1) is 0 Å². The van der Waals surface area contributed by atoms with Crippen molar-refractivity contribution in [3.63, 3.8) is 0 Å². The Morgan fingerprint density at radius 2 is 1.94 bits per heavy atom. The van der Waals surface area contributed by atoms with Crippen molar-refractivity contribution in [2.24, 2.45) is 0 Å².